The summed E-state index contributed by atoms with van der Waals surface area (Å²) in [4.78, 5) is 28.4. The van der Waals surface area contributed by atoms with Crippen molar-refractivity contribution in [2.45, 2.75) is 51.2 Å². The van der Waals surface area contributed by atoms with E-state index in [1.54, 1.807) is 24.3 Å². The zero-order valence-electron chi connectivity index (χ0n) is 18.5. The minimum Gasteiger partial charge on any atom is -0.464 e. The van der Waals surface area contributed by atoms with Crippen molar-refractivity contribution in [2.75, 3.05) is 26.3 Å². The SMILES string of the molecule is CCO[C@H]1OC(C(=O)N2CCCCC2)=C[C@@H](c2coc3ccccc3c2=O)[C@H]1CCCO. The Morgan fingerprint density at radius 1 is 1.22 bits per heavy atom. The lowest BCUT2D eigenvalue weighted by Crippen LogP contribution is -2.42. The zero-order chi connectivity index (χ0) is 22.5. The maximum absolute atomic E-state index is 13.4. The van der Waals surface area contributed by atoms with Gasteiger partial charge in [0.2, 0.25) is 6.29 Å². The summed E-state index contributed by atoms with van der Waals surface area (Å²) in [5, 5.41) is 9.94. The average molecular weight is 442 g/mol. The van der Waals surface area contributed by atoms with E-state index >= 15 is 0 Å². The first kappa shape index (κ1) is 22.6. The van der Waals surface area contributed by atoms with Crippen LogP contribution in [0, 0.1) is 5.92 Å². The van der Waals surface area contributed by atoms with Crippen molar-refractivity contribution >= 4 is 16.9 Å². The van der Waals surface area contributed by atoms with Gasteiger partial charge >= 0.3 is 0 Å². The lowest BCUT2D eigenvalue weighted by atomic mass is 9.80. The van der Waals surface area contributed by atoms with Crippen molar-refractivity contribution in [1.82, 2.24) is 4.90 Å². The summed E-state index contributed by atoms with van der Waals surface area (Å²) >= 11 is 0. The van der Waals surface area contributed by atoms with Gasteiger partial charge in [-0.05, 0) is 57.2 Å². The van der Waals surface area contributed by atoms with Crippen molar-refractivity contribution in [1.29, 1.82) is 0 Å². The number of nitrogens with zero attached hydrogens (tertiary/aromatic N) is 1. The molecule has 1 N–H and O–H groups in total. The molecule has 0 radical (unpaired) electrons. The first-order chi connectivity index (χ1) is 15.6. The van der Waals surface area contributed by atoms with Crippen molar-refractivity contribution in [3.63, 3.8) is 0 Å². The summed E-state index contributed by atoms with van der Waals surface area (Å²) in [6, 6.07) is 7.14. The topological polar surface area (TPSA) is 89.2 Å². The van der Waals surface area contributed by atoms with E-state index < -0.39 is 12.2 Å². The van der Waals surface area contributed by atoms with E-state index in [1.807, 2.05) is 17.9 Å². The summed E-state index contributed by atoms with van der Waals surface area (Å²) in [6.07, 6.45) is 6.77. The van der Waals surface area contributed by atoms with Crippen molar-refractivity contribution in [3.8, 4) is 0 Å². The van der Waals surface area contributed by atoms with Gasteiger partial charge in [-0.1, -0.05) is 12.1 Å². The largest absolute Gasteiger partial charge is 0.464 e. The monoisotopic (exact) mass is 441 g/mol. The third-order valence-electron chi connectivity index (χ3n) is 6.33. The van der Waals surface area contributed by atoms with Crippen LogP contribution in [-0.4, -0.2) is 48.5 Å². The van der Waals surface area contributed by atoms with Crippen LogP contribution in [0.5, 0.6) is 0 Å². The highest BCUT2D eigenvalue weighted by Gasteiger charge is 2.40. The molecule has 1 amide bonds. The van der Waals surface area contributed by atoms with E-state index in [2.05, 4.69) is 0 Å². The number of carbonyl (C=O) groups is 1. The van der Waals surface area contributed by atoms with Gasteiger partial charge in [-0.3, -0.25) is 9.59 Å². The molecule has 172 valence electrons. The number of rotatable bonds is 7. The summed E-state index contributed by atoms with van der Waals surface area (Å²) in [6.45, 7) is 3.71. The molecule has 32 heavy (non-hydrogen) atoms. The van der Waals surface area contributed by atoms with Gasteiger partial charge in [0.05, 0.1) is 11.6 Å². The van der Waals surface area contributed by atoms with Crippen LogP contribution < -0.4 is 5.43 Å². The summed E-state index contributed by atoms with van der Waals surface area (Å²) in [5.74, 6) is -0.589. The first-order valence-corrected chi connectivity index (χ1v) is 11.5. The number of amides is 1. The Balaban J connectivity index is 1.77. The molecule has 0 saturated carbocycles. The number of para-hydroxylation sites is 1. The smallest absolute Gasteiger partial charge is 0.288 e. The van der Waals surface area contributed by atoms with Crippen LogP contribution in [0.2, 0.25) is 0 Å². The summed E-state index contributed by atoms with van der Waals surface area (Å²) in [7, 11) is 0. The van der Waals surface area contributed by atoms with E-state index in [0.717, 1.165) is 19.3 Å². The van der Waals surface area contributed by atoms with Gasteiger partial charge in [0, 0.05) is 43.7 Å². The maximum Gasteiger partial charge on any atom is 0.288 e. The van der Waals surface area contributed by atoms with Gasteiger partial charge in [-0.15, -0.1) is 0 Å². The molecule has 7 nitrogen and oxygen atoms in total. The number of carbonyl (C=O) groups excluding carboxylic acids is 1. The number of piperidine rings is 1. The Kier molecular flexibility index (Phi) is 7.27. The Morgan fingerprint density at radius 2 is 2.00 bits per heavy atom. The Hall–Kier alpha value is -2.64. The van der Waals surface area contributed by atoms with Crippen LogP contribution in [0.4, 0.5) is 0 Å². The molecular formula is C25H31NO6. The number of aliphatic hydroxyl groups is 1. The Labute approximate surface area is 187 Å². The van der Waals surface area contributed by atoms with E-state index in [4.69, 9.17) is 13.9 Å². The minimum absolute atomic E-state index is 0.0255. The molecule has 1 saturated heterocycles. The Bertz CT molecular complexity index is 1020. The fourth-order valence-corrected chi connectivity index (χ4v) is 4.69. The third-order valence-corrected chi connectivity index (χ3v) is 6.33. The van der Waals surface area contributed by atoms with E-state index in [-0.39, 0.29) is 29.6 Å². The molecule has 0 bridgehead atoms. The number of hydrogen-bond donors (Lipinski definition) is 1. The van der Waals surface area contributed by atoms with Gasteiger partial charge in [0.15, 0.2) is 11.2 Å². The number of ether oxygens (including phenoxy) is 2. The van der Waals surface area contributed by atoms with Crippen LogP contribution >= 0.6 is 0 Å². The first-order valence-electron chi connectivity index (χ1n) is 11.5. The van der Waals surface area contributed by atoms with Gasteiger partial charge in [0.25, 0.3) is 5.91 Å². The van der Waals surface area contributed by atoms with Crippen LogP contribution in [0.1, 0.15) is 50.5 Å². The van der Waals surface area contributed by atoms with Gasteiger partial charge < -0.3 is 23.9 Å². The normalized spacial score (nSPS) is 23.6. The second-order valence-electron chi connectivity index (χ2n) is 8.40. The molecule has 2 aromatic rings. The minimum atomic E-state index is -0.684. The lowest BCUT2D eigenvalue weighted by molar-refractivity contribution is -0.170. The highest BCUT2D eigenvalue weighted by Crippen LogP contribution is 2.39. The molecule has 1 aromatic carbocycles. The number of fused-ring (bicyclic) bond motifs is 1. The van der Waals surface area contributed by atoms with Crippen LogP contribution in [0.15, 0.2) is 51.6 Å². The number of hydrogen-bond acceptors (Lipinski definition) is 6. The predicted molar refractivity (Wildman–Crippen MR) is 120 cm³/mol. The number of likely N-dealkylation sites (tertiary alicyclic amines) is 1. The Morgan fingerprint density at radius 3 is 2.75 bits per heavy atom. The van der Waals surface area contributed by atoms with Crippen LogP contribution in [0.3, 0.4) is 0 Å². The number of aliphatic hydroxyl groups excluding tert-OH is 1. The van der Waals surface area contributed by atoms with Crippen molar-refractivity contribution in [2.24, 2.45) is 5.92 Å². The van der Waals surface area contributed by atoms with Crippen molar-refractivity contribution in [3.05, 3.63) is 58.2 Å². The second-order valence-corrected chi connectivity index (χ2v) is 8.40. The van der Waals surface area contributed by atoms with E-state index in [1.165, 1.54) is 6.26 Å². The molecule has 4 rings (SSSR count). The highest BCUT2D eigenvalue weighted by atomic mass is 16.7. The van der Waals surface area contributed by atoms with E-state index in [0.29, 0.717) is 49.1 Å². The van der Waals surface area contributed by atoms with Crippen LogP contribution in [0.25, 0.3) is 11.0 Å². The molecule has 2 aliphatic heterocycles. The van der Waals surface area contributed by atoms with Gasteiger partial charge in [-0.25, -0.2) is 0 Å². The average Bonchev–Trinajstić information content (AvgIpc) is 2.83. The fraction of sp³-hybridized carbons (Fsp3) is 0.520. The fourth-order valence-electron chi connectivity index (χ4n) is 4.69. The van der Waals surface area contributed by atoms with Crippen LogP contribution in [-0.2, 0) is 14.3 Å². The molecule has 0 unspecified atom stereocenters. The quantitative estimate of drug-likeness (QED) is 0.707. The second kappa shape index (κ2) is 10.3. The number of benzene rings is 1. The van der Waals surface area contributed by atoms with Crippen molar-refractivity contribution < 1.29 is 23.8 Å². The molecule has 0 aliphatic carbocycles. The zero-order valence-corrected chi connectivity index (χ0v) is 18.5. The van der Waals surface area contributed by atoms with E-state index in [9.17, 15) is 14.7 Å². The van der Waals surface area contributed by atoms with Gasteiger partial charge in [-0.2, -0.15) is 0 Å². The van der Waals surface area contributed by atoms with Gasteiger partial charge in [0.1, 0.15) is 5.58 Å². The third kappa shape index (κ3) is 4.59. The number of allylic oxidation sites excluding steroid dienone is 1. The summed E-state index contributed by atoms with van der Waals surface area (Å²) < 4.78 is 17.7. The molecule has 0 spiro atoms. The maximum atomic E-state index is 13.4. The molecule has 3 heterocycles. The molecule has 2 aliphatic rings. The summed E-state index contributed by atoms with van der Waals surface area (Å²) in [5.41, 5.74) is 0.878. The molecule has 3 atom stereocenters. The predicted octanol–water partition coefficient (Wildman–Crippen LogP) is 3.55. The highest BCUT2D eigenvalue weighted by molar-refractivity contribution is 5.92. The standard InChI is InChI=1S/C25H31NO6/c1-2-30-25-17(10-8-14-27)19(15-22(32-25)24(29)26-12-6-3-7-13-26)20-16-31-21-11-5-4-9-18(21)23(20)28/h4-5,9,11,15-17,19,25,27H,2-3,6-8,10,12-14H2,1H3/t17-,19-,25+/m1/s1. The molecular weight excluding hydrogens is 410 g/mol. The molecule has 1 fully saturated rings. The lowest BCUT2D eigenvalue weighted by Gasteiger charge is -2.38. The molecule has 7 heteroatoms. The molecule has 1 aromatic heterocycles.